The van der Waals surface area contributed by atoms with E-state index in [-0.39, 0.29) is 18.0 Å². The lowest BCUT2D eigenvalue weighted by atomic mass is 9.92. The lowest BCUT2D eigenvalue weighted by molar-refractivity contribution is 0.0888. The van der Waals surface area contributed by atoms with Gasteiger partial charge in [-0.05, 0) is 31.2 Å². The van der Waals surface area contributed by atoms with Crippen LogP contribution in [0.4, 0.5) is 0 Å². The Morgan fingerprint density at radius 1 is 0.778 bits per heavy atom. The van der Waals surface area contributed by atoms with Gasteiger partial charge in [0.25, 0.3) is 0 Å². The number of carbonyl (C=O) groups is 2. The van der Waals surface area contributed by atoms with E-state index >= 15 is 0 Å². The SMILES string of the molecule is CC(Br)(CC(=O)c1ccccc1)C(=O)c1ccc(Sc2ccccc2)cc1. The summed E-state index contributed by atoms with van der Waals surface area (Å²) in [6, 6.07) is 26.7. The first-order chi connectivity index (χ1) is 13.0. The molecule has 3 rings (SSSR count). The second kappa shape index (κ2) is 8.68. The van der Waals surface area contributed by atoms with E-state index in [1.807, 2.05) is 60.7 Å². The van der Waals surface area contributed by atoms with Crippen molar-refractivity contribution in [3.63, 3.8) is 0 Å². The number of hydrogen-bond acceptors (Lipinski definition) is 3. The van der Waals surface area contributed by atoms with Crippen LogP contribution in [0, 0.1) is 0 Å². The molecule has 27 heavy (non-hydrogen) atoms. The maximum absolute atomic E-state index is 12.9. The van der Waals surface area contributed by atoms with Gasteiger partial charge in [-0.1, -0.05) is 88.4 Å². The molecule has 2 nitrogen and oxygen atoms in total. The van der Waals surface area contributed by atoms with E-state index in [4.69, 9.17) is 0 Å². The minimum atomic E-state index is -0.936. The summed E-state index contributed by atoms with van der Waals surface area (Å²) >= 11 is 5.13. The van der Waals surface area contributed by atoms with Crippen molar-refractivity contribution in [3.05, 3.63) is 96.1 Å². The van der Waals surface area contributed by atoms with Crippen LogP contribution in [0.2, 0.25) is 0 Å². The van der Waals surface area contributed by atoms with Crippen LogP contribution in [0.5, 0.6) is 0 Å². The maximum Gasteiger partial charge on any atom is 0.179 e. The molecule has 0 heterocycles. The fourth-order valence-electron chi connectivity index (χ4n) is 2.71. The van der Waals surface area contributed by atoms with Crippen molar-refractivity contribution in [2.24, 2.45) is 0 Å². The number of ketones is 2. The van der Waals surface area contributed by atoms with Crippen molar-refractivity contribution in [2.75, 3.05) is 0 Å². The molecule has 3 aromatic carbocycles. The van der Waals surface area contributed by atoms with E-state index in [2.05, 4.69) is 28.1 Å². The zero-order valence-electron chi connectivity index (χ0n) is 14.9. The molecule has 0 saturated carbocycles. The summed E-state index contributed by atoms with van der Waals surface area (Å²) in [5.41, 5.74) is 1.21. The summed E-state index contributed by atoms with van der Waals surface area (Å²) in [4.78, 5) is 27.6. The Balaban J connectivity index is 1.69. The number of rotatable bonds is 7. The smallest absolute Gasteiger partial charge is 0.179 e. The van der Waals surface area contributed by atoms with Crippen LogP contribution in [0.3, 0.4) is 0 Å². The molecule has 0 fully saturated rings. The molecule has 0 radical (unpaired) electrons. The second-order valence-electron chi connectivity index (χ2n) is 6.43. The molecule has 1 unspecified atom stereocenters. The van der Waals surface area contributed by atoms with Crippen molar-refractivity contribution in [1.29, 1.82) is 0 Å². The van der Waals surface area contributed by atoms with Crippen molar-refractivity contribution >= 4 is 39.3 Å². The molecular weight excluding hydrogens is 420 g/mol. The van der Waals surface area contributed by atoms with Crippen LogP contribution in [0.15, 0.2) is 94.7 Å². The third kappa shape index (κ3) is 5.18. The molecule has 136 valence electrons. The van der Waals surface area contributed by atoms with Gasteiger partial charge >= 0.3 is 0 Å². The monoisotopic (exact) mass is 438 g/mol. The highest BCUT2D eigenvalue weighted by Crippen LogP contribution is 2.31. The average molecular weight is 439 g/mol. The maximum atomic E-state index is 12.9. The fourth-order valence-corrected chi connectivity index (χ4v) is 4.03. The second-order valence-corrected chi connectivity index (χ2v) is 9.33. The highest BCUT2D eigenvalue weighted by atomic mass is 79.9. The summed E-state index contributed by atoms with van der Waals surface area (Å²) < 4.78 is -0.936. The van der Waals surface area contributed by atoms with Crippen LogP contribution in [-0.4, -0.2) is 15.9 Å². The summed E-state index contributed by atoms with van der Waals surface area (Å²) in [5.74, 6) is -0.150. The van der Waals surface area contributed by atoms with E-state index in [1.165, 1.54) is 0 Å². The predicted octanol–water partition coefficient (Wildman–Crippen LogP) is 6.45. The summed E-state index contributed by atoms with van der Waals surface area (Å²) in [6.45, 7) is 1.75. The van der Waals surface area contributed by atoms with Crippen molar-refractivity contribution in [2.45, 2.75) is 27.5 Å². The molecule has 0 amide bonds. The Kier molecular flexibility index (Phi) is 6.30. The first kappa shape index (κ1) is 19.6. The van der Waals surface area contributed by atoms with Crippen molar-refractivity contribution < 1.29 is 9.59 Å². The highest BCUT2D eigenvalue weighted by Gasteiger charge is 2.33. The van der Waals surface area contributed by atoms with Gasteiger partial charge in [0, 0.05) is 27.3 Å². The zero-order valence-corrected chi connectivity index (χ0v) is 17.3. The summed E-state index contributed by atoms with van der Waals surface area (Å²) in [6.07, 6.45) is 0.108. The lowest BCUT2D eigenvalue weighted by Crippen LogP contribution is -2.31. The van der Waals surface area contributed by atoms with E-state index in [0.717, 1.165) is 9.79 Å². The Morgan fingerprint density at radius 2 is 1.30 bits per heavy atom. The molecule has 1 atom stereocenters. The molecule has 0 aromatic heterocycles. The van der Waals surface area contributed by atoms with Gasteiger partial charge < -0.3 is 0 Å². The highest BCUT2D eigenvalue weighted by molar-refractivity contribution is 9.10. The normalized spacial score (nSPS) is 13.0. The Bertz CT molecular complexity index is 920. The molecule has 0 aliphatic carbocycles. The molecule has 0 bridgehead atoms. The standard InChI is InChI=1S/C23H19BrO2S/c1-23(24,16-21(25)17-8-4-2-5-9-17)22(26)18-12-14-20(15-13-18)27-19-10-6-3-7-11-19/h2-15H,16H2,1H3. The summed E-state index contributed by atoms with van der Waals surface area (Å²) in [5, 5.41) is 0. The fraction of sp³-hybridized carbons (Fsp3) is 0.130. The molecule has 0 aliphatic rings. The first-order valence-corrected chi connectivity index (χ1v) is 10.2. The minimum absolute atomic E-state index is 0.0559. The largest absolute Gasteiger partial charge is 0.294 e. The van der Waals surface area contributed by atoms with Gasteiger partial charge in [0.05, 0.1) is 4.32 Å². The average Bonchev–Trinajstić information content (AvgIpc) is 2.69. The van der Waals surface area contributed by atoms with Gasteiger partial charge in [0.2, 0.25) is 0 Å². The van der Waals surface area contributed by atoms with Crippen LogP contribution in [0.1, 0.15) is 34.1 Å². The van der Waals surface area contributed by atoms with Crippen LogP contribution in [0.25, 0.3) is 0 Å². The van der Waals surface area contributed by atoms with Crippen LogP contribution >= 0.6 is 27.7 Å². The Labute approximate surface area is 172 Å². The van der Waals surface area contributed by atoms with E-state index < -0.39 is 4.32 Å². The van der Waals surface area contributed by atoms with E-state index in [9.17, 15) is 9.59 Å². The Hall–Kier alpha value is -2.17. The van der Waals surface area contributed by atoms with Gasteiger partial charge in [-0.25, -0.2) is 0 Å². The molecule has 0 spiro atoms. The number of Topliss-reactive ketones (excluding diaryl/α,β-unsaturated/α-hetero) is 2. The molecule has 0 saturated heterocycles. The van der Waals surface area contributed by atoms with Crippen molar-refractivity contribution in [3.8, 4) is 0 Å². The molecular formula is C23H19BrO2S. The first-order valence-electron chi connectivity index (χ1n) is 8.61. The minimum Gasteiger partial charge on any atom is -0.294 e. The Morgan fingerprint density at radius 3 is 1.89 bits per heavy atom. The topological polar surface area (TPSA) is 34.1 Å². The third-order valence-electron chi connectivity index (χ3n) is 4.16. The van der Waals surface area contributed by atoms with Gasteiger partial charge in [-0.3, -0.25) is 9.59 Å². The zero-order chi connectivity index (χ0) is 19.3. The molecule has 4 heteroatoms. The molecule has 0 N–H and O–H groups in total. The molecule has 3 aromatic rings. The van der Waals surface area contributed by atoms with Gasteiger partial charge in [-0.2, -0.15) is 0 Å². The van der Waals surface area contributed by atoms with Crippen LogP contribution in [-0.2, 0) is 0 Å². The predicted molar refractivity (Wildman–Crippen MR) is 114 cm³/mol. The van der Waals surface area contributed by atoms with Gasteiger partial charge in [-0.15, -0.1) is 0 Å². The quantitative estimate of drug-likeness (QED) is 0.314. The lowest BCUT2D eigenvalue weighted by Gasteiger charge is -2.20. The van der Waals surface area contributed by atoms with Gasteiger partial charge in [0.15, 0.2) is 11.6 Å². The number of hydrogen-bond donors (Lipinski definition) is 0. The van der Waals surface area contributed by atoms with E-state index in [0.29, 0.717) is 11.1 Å². The number of alkyl halides is 1. The van der Waals surface area contributed by atoms with Crippen molar-refractivity contribution in [1.82, 2.24) is 0 Å². The number of carbonyl (C=O) groups excluding carboxylic acids is 2. The third-order valence-corrected chi connectivity index (χ3v) is 5.81. The number of halogens is 1. The number of benzene rings is 3. The van der Waals surface area contributed by atoms with Gasteiger partial charge in [0.1, 0.15) is 0 Å². The van der Waals surface area contributed by atoms with E-state index in [1.54, 1.807) is 30.8 Å². The summed E-state index contributed by atoms with van der Waals surface area (Å²) in [7, 11) is 0. The van der Waals surface area contributed by atoms with Crippen LogP contribution < -0.4 is 0 Å². The molecule has 0 aliphatic heterocycles.